The Hall–Kier alpha value is -2.43. The second kappa shape index (κ2) is 9.80. The van der Waals surface area contributed by atoms with Crippen molar-refractivity contribution in [3.8, 4) is 22.5 Å². The third-order valence-electron chi connectivity index (χ3n) is 5.79. The SMILES string of the molecule is COC(=O)c1nc(-c2ccc(Cl)cc2)c(-c2ccc(Cl)cc2)nc1CC1CCCCC1. The average Bonchev–Trinajstić information content (AvgIpc) is 2.80. The maximum atomic E-state index is 12.6. The minimum absolute atomic E-state index is 0.288. The Morgan fingerprint density at radius 1 is 0.871 bits per heavy atom. The average molecular weight is 455 g/mol. The van der Waals surface area contributed by atoms with Gasteiger partial charge in [0.25, 0.3) is 0 Å². The second-order valence-corrected chi connectivity index (χ2v) is 8.80. The van der Waals surface area contributed by atoms with Crippen molar-refractivity contribution in [2.75, 3.05) is 7.11 Å². The molecule has 2 aromatic carbocycles. The van der Waals surface area contributed by atoms with Gasteiger partial charge in [-0.3, -0.25) is 0 Å². The van der Waals surface area contributed by atoms with Crippen molar-refractivity contribution in [2.24, 2.45) is 5.92 Å². The maximum absolute atomic E-state index is 12.6. The summed E-state index contributed by atoms with van der Waals surface area (Å²) in [6.07, 6.45) is 6.74. The summed E-state index contributed by atoms with van der Waals surface area (Å²) >= 11 is 12.2. The van der Waals surface area contributed by atoms with Gasteiger partial charge in [0.2, 0.25) is 0 Å². The molecule has 0 unspecified atom stereocenters. The zero-order chi connectivity index (χ0) is 21.8. The van der Waals surface area contributed by atoms with E-state index in [1.807, 2.05) is 36.4 Å². The first-order valence-electron chi connectivity index (χ1n) is 10.6. The molecule has 1 fully saturated rings. The Morgan fingerprint density at radius 3 is 1.90 bits per heavy atom. The van der Waals surface area contributed by atoms with E-state index in [4.69, 9.17) is 37.9 Å². The molecule has 1 aliphatic rings. The highest BCUT2D eigenvalue weighted by molar-refractivity contribution is 6.31. The summed E-state index contributed by atoms with van der Waals surface area (Å²) in [7, 11) is 1.38. The first-order chi connectivity index (χ1) is 15.0. The van der Waals surface area contributed by atoms with E-state index in [-0.39, 0.29) is 5.69 Å². The lowest BCUT2D eigenvalue weighted by molar-refractivity contribution is 0.0591. The van der Waals surface area contributed by atoms with Crippen LogP contribution in [0.25, 0.3) is 22.5 Å². The fourth-order valence-electron chi connectivity index (χ4n) is 4.16. The van der Waals surface area contributed by atoms with Crippen molar-refractivity contribution in [2.45, 2.75) is 38.5 Å². The maximum Gasteiger partial charge on any atom is 0.358 e. The summed E-state index contributed by atoms with van der Waals surface area (Å²) in [5, 5.41) is 1.28. The van der Waals surface area contributed by atoms with Gasteiger partial charge in [-0.05, 0) is 36.6 Å². The van der Waals surface area contributed by atoms with Gasteiger partial charge in [0, 0.05) is 21.2 Å². The van der Waals surface area contributed by atoms with Crippen LogP contribution in [0.2, 0.25) is 10.0 Å². The number of aromatic nitrogens is 2. The van der Waals surface area contributed by atoms with E-state index in [2.05, 4.69) is 0 Å². The second-order valence-electron chi connectivity index (χ2n) is 7.93. The van der Waals surface area contributed by atoms with Crippen molar-refractivity contribution in [3.63, 3.8) is 0 Å². The van der Waals surface area contributed by atoms with E-state index in [9.17, 15) is 4.79 Å². The predicted octanol–water partition coefficient (Wildman–Crippen LogP) is 7.03. The van der Waals surface area contributed by atoms with Gasteiger partial charge in [-0.2, -0.15) is 0 Å². The van der Waals surface area contributed by atoms with Crippen molar-refractivity contribution in [3.05, 3.63) is 70.0 Å². The number of carbonyl (C=O) groups is 1. The van der Waals surface area contributed by atoms with Crippen molar-refractivity contribution >= 4 is 29.2 Å². The molecule has 6 heteroatoms. The first kappa shape index (κ1) is 21.8. The van der Waals surface area contributed by atoms with Gasteiger partial charge < -0.3 is 4.74 Å². The lowest BCUT2D eigenvalue weighted by atomic mass is 9.85. The Labute approximate surface area is 192 Å². The first-order valence-corrected chi connectivity index (χ1v) is 11.3. The smallest absolute Gasteiger partial charge is 0.358 e. The number of nitrogens with zero attached hydrogens (tertiary/aromatic N) is 2. The van der Waals surface area contributed by atoms with Crippen molar-refractivity contribution < 1.29 is 9.53 Å². The quantitative estimate of drug-likeness (QED) is 0.388. The largest absolute Gasteiger partial charge is 0.464 e. The fraction of sp³-hybridized carbons (Fsp3) is 0.320. The molecule has 0 amide bonds. The van der Waals surface area contributed by atoms with E-state index in [0.29, 0.717) is 27.4 Å². The van der Waals surface area contributed by atoms with E-state index in [1.54, 1.807) is 12.1 Å². The third-order valence-corrected chi connectivity index (χ3v) is 6.29. The molecule has 0 saturated heterocycles. The fourth-order valence-corrected chi connectivity index (χ4v) is 4.41. The number of hydrogen-bond acceptors (Lipinski definition) is 4. The summed E-state index contributed by atoms with van der Waals surface area (Å²) in [6, 6.07) is 14.9. The lowest BCUT2D eigenvalue weighted by Crippen LogP contribution is -2.17. The summed E-state index contributed by atoms with van der Waals surface area (Å²) in [5.74, 6) is 0.0436. The summed E-state index contributed by atoms with van der Waals surface area (Å²) in [6.45, 7) is 0. The Kier molecular flexibility index (Phi) is 6.89. The van der Waals surface area contributed by atoms with Gasteiger partial charge in [0.1, 0.15) is 0 Å². The van der Waals surface area contributed by atoms with Crippen LogP contribution in [0.4, 0.5) is 0 Å². The topological polar surface area (TPSA) is 52.1 Å². The van der Waals surface area contributed by atoms with Crippen LogP contribution in [-0.4, -0.2) is 23.0 Å². The zero-order valence-corrected chi connectivity index (χ0v) is 18.9. The number of rotatable bonds is 5. The highest BCUT2D eigenvalue weighted by Gasteiger charge is 2.24. The van der Waals surface area contributed by atoms with E-state index in [0.717, 1.165) is 36.1 Å². The molecule has 1 heterocycles. The summed E-state index contributed by atoms with van der Waals surface area (Å²) < 4.78 is 5.06. The van der Waals surface area contributed by atoms with Crippen LogP contribution in [0.5, 0.6) is 0 Å². The molecule has 0 N–H and O–H groups in total. The van der Waals surface area contributed by atoms with Gasteiger partial charge in [0.05, 0.1) is 24.2 Å². The van der Waals surface area contributed by atoms with E-state index >= 15 is 0 Å². The van der Waals surface area contributed by atoms with E-state index in [1.165, 1.54) is 26.4 Å². The van der Waals surface area contributed by atoms with Gasteiger partial charge in [-0.1, -0.05) is 79.6 Å². The molecule has 1 aliphatic carbocycles. The molecule has 4 rings (SSSR count). The number of esters is 1. The monoisotopic (exact) mass is 454 g/mol. The molecule has 4 nitrogen and oxygen atoms in total. The molecule has 1 saturated carbocycles. The highest BCUT2D eigenvalue weighted by atomic mass is 35.5. The Morgan fingerprint density at radius 2 is 1.39 bits per heavy atom. The molecule has 0 aliphatic heterocycles. The standard InChI is InChI=1S/C25H24Cl2N2O2/c1-31-25(30)24-21(15-16-5-3-2-4-6-16)28-22(17-7-11-19(26)12-8-17)23(29-24)18-9-13-20(27)14-10-18/h7-14,16H,2-6,15H2,1H3. The minimum Gasteiger partial charge on any atom is -0.464 e. The van der Waals surface area contributed by atoms with Gasteiger partial charge in [0.15, 0.2) is 5.69 Å². The molecule has 0 bridgehead atoms. The number of ether oxygens (including phenoxy) is 1. The number of carbonyl (C=O) groups excluding carboxylic acids is 1. The normalized spacial score (nSPS) is 14.4. The molecule has 3 aromatic rings. The molecular formula is C25H24Cl2N2O2. The summed E-state index contributed by atoms with van der Waals surface area (Å²) in [4.78, 5) is 22.4. The molecule has 0 radical (unpaired) electrons. The molecule has 0 atom stereocenters. The van der Waals surface area contributed by atoms with Crippen molar-refractivity contribution in [1.29, 1.82) is 0 Å². The van der Waals surface area contributed by atoms with Crippen molar-refractivity contribution in [1.82, 2.24) is 9.97 Å². The molecule has 160 valence electrons. The van der Waals surface area contributed by atoms with Crippen LogP contribution >= 0.6 is 23.2 Å². The molecule has 0 spiro atoms. The zero-order valence-electron chi connectivity index (χ0n) is 17.4. The lowest BCUT2D eigenvalue weighted by Gasteiger charge is -2.22. The Bertz CT molecular complexity index is 1060. The van der Waals surface area contributed by atoms with Gasteiger partial charge in [-0.25, -0.2) is 14.8 Å². The third kappa shape index (κ3) is 5.08. The van der Waals surface area contributed by atoms with Crippen LogP contribution in [0.1, 0.15) is 48.3 Å². The predicted molar refractivity (Wildman–Crippen MR) is 125 cm³/mol. The van der Waals surface area contributed by atoms with Crippen LogP contribution in [0.3, 0.4) is 0 Å². The van der Waals surface area contributed by atoms with Gasteiger partial charge >= 0.3 is 5.97 Å². The Balaban J connectivity index is 1.88. The van der Waals surface area contributed by atoms with Crippen LogP contribution in [0.15, 0.2) is 48.5 Å². The number of benzene rings is 2. The number of halogens is 2. The molecular weight excluding hydrogens is 431 g/mol. The van der Waals surface area contributed by atoms with E-state index < -0.39 is 5.97 Å². The highest BCUT2D eigenvalue weighted by Crippen LogP contribution is 2.34. The van der Waals surface area contributed by atoms with Crippen LogP contribution in [0, 0.1) is 5.92 Å². The molecule has 1 aromatic heterocycles. The van der Waals surface area contributed by atoms with Gasteiger partial charge in [-0.15, -0.1) is 0 Å². The van der Waals surface area contributed by atoms with Crippen LogP contribution in [-0.2, 0) is 11.2 Å². The molecule has 31 heavy (non-hydrogen) atoms. The summed E-state index contributed by atoms with van der Waals surface area (Å²) in [5.41, 5.74) is 4.04. The minimum atomic E-state index is -0.462. The van der Waals surface area contributed by atoms with Crippen LogP contribution < -0.4 is 0 Å². The number of hydrogen-bond donors (Lipinski definition) is 0. The number of methoxy groups -OCH3 is 1.